The third-order valence-corrected chi connectivity index (χ3v) is 5.20. The van der Waals surface area contributed by atoms with Crippen molar-refractivity contribution in [3.63, 3.8) is 0 Å². The minimum atomic E-state index is 0.155. The van der Waals surface area contributed by atoms with Crippen LogP contribution in [0, 0.1) is 6.92 Å². The topological polar surface area (TPSA) is 51.8 Å². The van der Waals surface area contributed by atoms with Gasteiger partial charge in [-0.15, -0.1) is 0 Å². The maximum atomic E-state index is 10.1. The van der Waals surface area contributed by atoms with Gasteiger partial charge in [-0.25, -0.2) is 0 Å². The zero-order chi connectivity index (χ0) is 18.4. The number of phenolic OH excluding ortho intramolecular Hbond substituents is 1. The van der Waals surface area contributed by atoms with Crippen LogP contribution in [0.4, 0.5) is 0 Å². The van der Waals surface area contributed by atoms with Gasteiger partial charge in [0.2, 0.25) is 5.69 Å². The van der Waals surface area contributed by atoms with E-state index in [9.17, 15) is 5.11 Å². The van der Waals surface area contributed by atoms with Crippen LogP contribution in [-0.2, 0) is 13.0 Å². The molecule has 0 saturated carbocycles. The Balaban J connectivity index is 2.04. The number of methoxy groups -OCH3 is 3. The molecular formula is C21H22NO4+. The summed E-state index contributed by atoms with van der Waals surface area (Å²) in [5.41, 5.74) is 4.71. The number of aromatic hydroxyl groups is 1. The molecule has 3 aromatic rings. The molecule has 1 N–H and O–H groups in total. The number of hydrogen-bond acceptors (Lipinski definition) is 4. The number of fused-ring (bicyclic) bond motifs is 4. The van der Waals surface area contributed by atoms with Gasteiger partial charge in [0, 0.05) is 17.4 Å². The fraction of sp³-hybridized carbons (Fsp3) is 0.286. The lowest BCUT2D eigenvalue weighted by molar-refractivity contribution is -0.686. The zero-order valence-electron chi connectivity index (χ0n) is 15.4. The molecule has 5 nitrogen and oxygen atoms in total. The first-order valence-corrected chi connectivity index (χ1v) is 8.57. The fourth-order valence-corrected chi connectivity index (χ4v) is 3.94. The van der Waals surface area contributed by atoms with Crippen LogP contribution in [0.3, 0.4) is 0 Å². The highest BCUT2D eigenvalue weighted by molar-refractivity contribution is 5.94. The Morgan fingerprint density at radius 3 is 2.38 bits per heavy atom. The number of rotatable bonds is 3. The van der Waals surface area contributed by atoms with Gasteiger partial charge in [0.25, 0.3) is 0 Å². The number of aryl methyl sites for hydroxylation is 3. The van der Waals surface area contributed by atoms with E-state index < -0.39 is 0 Å². The molecule has 4 rings (SSSR count). The first-order valence-electron chi connectivity index (χ1n) is 8.57. The average Bonchev–Trinajstić information content (AvgIpc) is 2.66. The van der Waals surface area contributed by atoms with E-state index in [-0.39, 0.29) is 5.75 Å². The molecule has 0 atom stereocenters. The summed E-state index contributed by atoms with van der Waals surface area (Å²) in [6, 6.07) is 7.75. The molecular weight excluding hydrogens is 330 g/mol. The monoisotopic (exact) mass is 352 g/mol. The lowest BCUT2D eigenvalue weighted by atomic mass is 9.91. The van der Waals surface area contributed by atoms with Gasteiger partial charge in [-0.05, 0) is 36.8 Å². The van der Waals surface area contributed by atoms with Crippen LogP contribution in [0.2, 0.25) is 0 Å². The van der Waals surface area contributed by atoms with Crippen LogP contribution in [0.1, 0.15) is 11.1 Å². The molecule has 1 aliphatic heterocycles. The van der Waals surface area contributed by atoms with Crippen molar-refractivity contribution in [1.29, 1.82) is 0 Å². The molecule has 0 fully saturated rings. The lowest BCUT2D eigenvalue weighted by Crippen LogP contribution is -2.40. The highest BCUT2D eigenvalue weighted by Gasteiger charge is 2.29. The molecule has 0 aliphatic carbocycles. The molecule has 26 heavy (non-hydrogen) atoms. The highest BCUT2D eigenvalue weighted by Crippen LogP contribution is 2.41. The second-order valence-electron chi connectivity index (χ2n) is 6.49. The Morgan fingerprint density at radius 2 is 1.69 bits per heavy atom. The molecule has 0 saturated heterocycles. The second kappa shape index (κ2) is 6.09. The van der Waals surface area contributed by atoms with Gasteiger partial charge in [0.1, 0.15) is 0 Å². The standard InChI is InChI=1S/C21H21NO4/c1-12-14-5-6-17(23)21(26-4)16(14)11-22-8-7-13-9-18(24-2)19(25-3)10-15(13)20(12)22/h5-6,9-11H,7-8H2,1-4H3/p+1. The predicted molar refractivity (Wildman–Crippen MR) is 99.3 cm³/mol. The summed E-state index contributed by atoms with van der Waals surface area (Å²) in [5, 5.41) is 12.1. The molecule has 0 spiro atoms. The largest absolute Gasteiger partial charge is 0.504 e. The summed E-state index contributed by atoms with van der Waals surface area (Å²) < 4.78 is 18.6. The van der Waals surface area contributed by atoms with Crippen LogP contribution >= 0.6 is 0 Å². The number of benzene rings is 2. The second-order valence-corrected chi connectivity index (χ2v) is 6.49. The first kappa shape index (κ1) is 16.5. The van der Waals surface area contributed by atoms with Crippen molar-refractivity contribution in [3.8, 4) is 34.3 Å². The summed E-state index contributed by atoms with van der Waals surface area (Å²) in [6.07, 6.45) is 2.97. The van der Waals surface area contributed by atoms with E-state index in [0.29, 0.717) is 5.75 Å². The van der Waals surface area contributed by atoms with Crippen molar-refractivity contribution in [3.05, 3.63) is 41.6 Å². The van der Waals surface area contributed by atoms with Gasteiger partial charge in [0.05, 0.1) is 32.3 Å². The molecule has 2 heterocycles. The quantitative estimate of drug-likeness (QED) is 0.734. The van der Waals surface area contributed by atoms with Gasteiger partial charge >= 0.3 is 0 Å². The highest BCUT2D eigenvalue weighted by atomic mass is 16.5. The van der Waals surface area contributed by atoms with E-state index in [4.69, 9.17) is 14.2 Å². The average molecular weight is 352 g/mol. The van der Waals surface area contributed by atoms with E-state index in [1.165, 1.54) is 5.56 Å². The zero-order valence-corrected chi connectivity index (χ0v) is 15.4. The van der Waals surface area contributed by atoms with Crippen molar-refractivity contribution in [1.82, 2.24) is 0 Å². The fourth-order valence-electron chi connectivity index (χ4n) is 3.94. The first-order chi connectivity index (χ1) is 12.6. The summed E-state index contributed by atoms with van der Waals surface area (Å²) in [6.45, 7) is 2.96. The van der Waals surface area contributed by atoms with E-state index in [0.717, 1.165) is 52.1 Å². The SMILES string of the molecule is COc1cc2c(cc1OC)-c1c(C)c3ccc(O)c(OC)c3c[n+]1CC2. The number of pyridine rings is 1. The third-order valence-electron chi connectivity index (χ3n) is 5.20. The minimum absolute atomic E-state index is 0.155. The van der Waals surface area contributed by atoms with Gasteiger partial charge in [-0.2, -0.15) is 4.57 Å². The Hall–Kier alpha value is -2.95. The number of nitrogens with zero attached hydrogens (tertiary/aromatic N) is 1. The van der Waals surface area contributed by atoms with Crippen molar-refractivity contribution in [2.45, 2.75) is 19.9 Å². The van der Waals surface area contributed by atoms with Gasteiger partial charge in [0.15, 0.2) is 35.7 Å². The van der Waals surface area contributed by atoms with Crippen LogP contribution in [0.5, 0.6) is 23.0 Å². The van der Waals surface area contributed by atoms with E-state index in [1.54, 1.807) is 27.4 Å². The predicted octanol–water partition coefficient (Wildman–Crippen LogP) is 3.39. The minimum Gasteiger partial charge on any atom is -0.504 e. The van der Waals surface area contributed by atoms with Gasteiger partial charge in [-0.3, -0.25) is 0 Å². The van der Waals surface area contributed by atoms with Crippen LogP contribution in [0.25, 0.3) is 22.0 Å². The van der Waals surface area contributed by atoms with Crippen LogP contribution in [0.15, 0.2) is 30.5 Å². The molecule has 1 aliphatic rings. The molecule has 2 aromatic carbocycles. The Kier molecular flexibility index (Phi) is 3.87. The molecule has 0 radical (unpaired) electrons. The van der Waals surface area contributed by atoms with E-state index >= 15 is 0 Å². The van der Waals surface area contributed by atoms with Gasteiger partial charge in [-0.1, -0.05) is 0 Å². The number of hydrogen-bond donors (Lipinski definition) is 1. The Labute approximate surface area is 152 Å². The third kappa shape index (κ3) is 2.27. The van der Waals surface area contributed by atoms with Crippen LogP contribution < -0.4 is 18.8 Å². The van der Waals surface area contributed by atoms with Crippen molar-refractivity contribution >= 4 is 10.8 Å². The smallest absolute Gasteiger partial charge is 0.216 e. The maximum Gasteiger partial charge on any atom is 0.216 e. The summed E-state index contributed by atoms with van der Waals surface area (Å²) in [4.78, 5) is 0. The summed E-state index contributed by atoms with van der Waals surface area (Å²) in [5.74, 6) is 2.15. The molecule has 1 aromatic heterocycles. The molecule has 0 bridgehead atoms. The van der Waals surface area contributed by atoms with Crippen molar-refractivity contribution < 1.29 is 23.9 Å². The molecule has 0 amide bonds. The molecule has 5 heteroatoms. The van der Waals surface area contributed by atoms with E-state index in [2.05, 4.69) is 29.8 Å². The van der Waals surface area contributed by atoms with Crippen molar-refractivity contribution in [2.24, 2.45) is 0 Å². The summed E-state index contributed by atoms with van der Waals surface area (Å²) >= 11 is 0. The maximum absolute atomic E-state index is 10.1. The Bertz CT molecular complexity index is 1030. The number of ether oxygens (including phenoxy) is 3. The van der Waals surface area contributed by atoms with Gasteiger partial charge < -0.3 is 19.3 Å². The lowest BCUT2D eigenvalue weighted by Gasteiger charge is -2.20. The number of aromatic nitrogens is 1. The van der Waals surface area contributed by atoms with Crippen LogP contribution in [-0.4, -0.2) is 26.4 Å². The summed E-state index contributed by atoms with van der Waals surface area (Å²) in [7, 11) is 4.90. The van der Waals surface area contributed by atoms with E-state index in [1.807, 2.05) is 6.07 Å². The molecule has 134 valence electrons. The normalized spacial score (nSPS) is 12.5. The van der Waals surface area contributed by atoms with Crippen molar-refractivity contribution in [2.75, 3.05) is 21.3 Å². The Morgan fingerprint density at radius 1 is 0.962 bits per heavy atom. The number of phenols is 1. The molecule has 0 unspecified atom stereocenters.